The van der Waals surface area contributed by atoms with Crippen molar-refractivity contribution in [2.24, 2.45) is 0 Å². The van der Waals surface area contributed by atoms with E-state index in [1.165, 1.54) is 0 Å². The van der Waals surface area contributed by atoms with E-state index < -0.39 is 43.5 Å². The summed E-state index contributed by atoms with van der Waals surface area (Å²) >= 11 is -2.76. The Kier molecular flexibility index (Phi) is 4.40. The van der Waals surface area contributed by atoms with E-state index in [9.17, 15) is 0 Å². The zero-order valence-corrected chi connectivity index (χ0v) is 17.2. The van der Waals surface area contributed by atoms with Gasteiger partial charge in [0.2, 0.25) is 0 Å². The first-order chi connectivity index (χ1) is 6.21. The van der Waals surface area contributed by atoms with E-state index in [1.807, 2.05) is 0 Å². The Morgan fingerprint density at radius 2 is 0.786 bits per heavy atom. The Labute approximate surface area is 105 Å². The van der Waals surface area contributed by atoms with E-state index >= 15 is 0 Å². The molecule has 0 unspecified atom stereocenters. The molecule has 80 valence electrons. The average molecular weight is 584 g/mol. The fraction of sp³-hybridized carbons (Fsp3) is 0.667. The maximum atomic E-state index is 2.67. The Hall–Kier alpha value is 1.25. The minimum atomic E-state index is -1.38. The first-order valence-electron chi connectivity index (χ1n) is 5.15. The molecule has 1 aliphatic rings. The van der Waals surface area contributed by atoms with Gasteiger partial charge >= 0.3 is 106 Å². The van der Waals surface area contributed by atoms with E-state index in [-0.39, 0.29) is 0 Å². The van der Waals surface area contributed by atoms with Gasteiger partial charge in [0, 0.05) is 0 Å². The van der Waals surface area contributed by atoms with Gasteiger partial charge in [-0.2, -0.15) is 0 Å². The predicted octanol–water partition coefficient (Wildman–Crippen LogP) is 3.86. The molecule has 0 nitrogen and oxygen atoms in total. The second kappa shape index (κ2) is 4.63. The molecule has 0 atom stereocenters. The summed E-state index contributed by atoms with van der Waals surface area (Å²) in [5.74, 6) is 0. The monoisotopic (exact) mass is 584 g/mol. The van der Waals surface area contributed by atoms with Gasteiger partial charge in [-0.1, -0.05) is 0 Å². The van der Waals surface area contributed by atoms with Gasteiger partial charge in [-0.15, -0.1) is 0 Å². The van der Waals surface area contributed by atoms with Gasteiger partial charge in [-0.3, -0.25) is 0 Å². The van der Waals surface area contributed by atoms with E-state index in [0.29, 0.717) is 6.25 Å². The van der Waals surface area contributed by atoms with Crippen LogP contribution < -0.4 is 0 Å². The average Bonchev–Trinajstić information content (AvgIpc) is 2.01. The normalized spacial score (nSPS) is 20.4. The molecule has 1 rings (SSSR count). The Morgan fingerprint density at radius 3 is 0.929 bits per heavy atom. The second-order valence-electron chi connectivity index (χ2n) is 5.75. The molecule has 0 bridgehead atoms. The van der Waals surface area contributed by atoms with Crippen LogP contribution in [0.4, 0.5) is 0 Å². The molecule has 14 heavy (non-hydrogen) atoms. The first-order valence-corrected chi connectivity index (χ1v) is 16.7. The molecule has 0 aliphatic carbocycles. The van der Waals surface area contributed by atoms with Gasteiger partial charge in [-0.05, 0) is 0 Å². The van der Waals surface area contributed by atoms with Crippen LogP contribution in [0.15, 0.2) is 15.1 Å². The first kappa shape index (κ1) is 13.3. The summed E-state index contributed by atoms with van der Waals surface area (Å²) in [6.45, 7) is 14.5. The third kappa shape index (κ3) is 3.68. The molecule has 0 saturated heterocycles. The molecule has 0 aromatic rings. The van der Waals surface area contributed by atoms with Crippen LogP contribution in [0.1, 0.15) is 41.5 Å². The van der Waals surface area contributed by atoms with Crippen molar-refractivity contribution in [3.8, 4) is 0 Å². The van der Waals surface area contributed by atoms with Crippen LogP contribution in [-0.4, -0.2) is 43.5 Å². The zero-order chi connectivity index (χ0) is 11.0. The SMILES string of the molecule is C[C](C)(C)[Bi]1[CH]=[CH][Bi]([C](C)(C)C)[CH]=[CH]1. The standard InChI is InChI=1S/2C4H9.2C2H2.2Bi/c2*1-4(2)3;2*1-2;;/h2*1-3H3;2*1-2H;;. The molecule has 1 aliphatic heterocycles. The summed E-state index contributed by atoms with van der Waals surface area (Å²) in [4.78, 5) is 0. The van der Waals surface area contributed by atoms with Gasteiger partial charge in [0.05, 0.1) is 0 Å². The Morgan fingerprint density at radius 1 is 0.571 bits per heavy atom. The molecule has 0 N–H and O–H groups in total. The van der Waals surface area contributed by atoms with Crippen LogP contribution in [0.25, 0.3) is 0 Å². The summed E-state index contributed by atoms with van der Waals surface area (Å²) in [5.41, 5.74) is 0. The van der Waals surface area contributed by atoms with Crippen molar-refractivity contribution in [3.63, 3.8) is 0 Å². The zero-order valence-electron chi connectivity index (χ0n) is 10.2. The molecule has 0 fully saturated rings. The number of rotatable bonds is 0. The minimum absolute atomic E-state index is 0.593. The van der Waals surface area contributed by atoms with E-state index in [2.05, 4.69) is 56.7 Å². The van der Waals surface area contributed by atoms with Crippen molar-refractivity contribution in [2.75, 3.05) is 0 Å². The fourth-order valence-corrected chi connectivity index (χ4v) is 30.8. The van der Waals surface area contributed by atoms with E-state index in [1.54, 1.807) is 0 Å². The summed E-state index contributed by atoms with van der Waals surface area (Å²) in [6, 6.07) is 0. The fourth-order valence-electron chi connectivity index (χ4n) is 1.28. The summed E-state index contributed by atoms with van der Waals surface area (Å²) in [5, 5.41) is 0. The van der Waals surface area contributed by atoms with Crippen molar-refractivity contribution in [3.05, 3.63) is 15.1 Å². The van der Waals surface area contributed by atoms with Crippen molar-refractivity contribution >= 4 is 43.5 Å². The maximum absolute atomic E-state index is 2.67. The molecule has 0 saturated carbocycles. The Bertz CT molecular complexity index is 210. The Balaban J connectivity index is 2.72. The van der Waals surface area contributed by atoms with Crippen LogP contribution in [0.3, 0.4) is 0 Å². The van der Waals surface area contributed by atoms with Gasteiger partial charge < -0.3 is 0 Å². The molecule has 1 heterocycles. The molecular formula is C12H22Bi2. The van der Waals surface area contributed by atoms with Gasteiger partial charge in [0.15, 0.2) is 0 Å². The molecule has 0 aromatic carbocycles. The third-order valence-electron chi connectivity index (χ3n) is 2.32. The quantitative estimate of drug-likeness (QED) is 0.380. The number of hydrogen-bond acceptors (Lipinski definition) is 0. The number of hydrogen-bond donors (Lipinski definition) is 0. The van der Waals surface area contributed by atoms with E-state index in [0.717, 1.165) is 0 Å². The molecule has 0 aromatic heterocycles. The van der Waals surface area contributed by atoms with Crippen molar-refractivity contribution < 1.29 is 0 Å². The predicted molar refractivity (Wildman–Crippen MR) is 69.2 cm³/mol. The van der Waals surface area contributed by atoms with E-state index in [4.69, 9.17) is 0 Å². The van der Waals surface area contributed by atoms with Crippen molar-refractivity contribution in [1.29, 1.82) is 0 Å². The molecule has 0 radical (unpaired) electrons. The van der Waals surface area contributed by atoms with Crippen molar-refractivity contribution in [1.82, 2.24) is 0 Å². The summed E-state index contributed by atoms with van der Waals surface area (Å²) in [7, 11) is 0. The van der Waals surface area contributed by atoms with Crippen LogP contribution in [0.2, 0.25) is 6.25 Å². The molecule has 0 spiro atoms. The van der Waals surface area contributed by atoms with Crippen LogP contribution in [0, 0.1) is 0 Å². The third-order valence-corrected chi connectivity index (χ3v) is 29.5. The van der Waals surface area contributed by atoms with Crippen LogP contribution in [-0.2, 0) is 0 Å². The summed E-state index contributed by atoms with van der Waals surface area (Å²) in [6.07, 6.45) is 0. The second-order valence-corrected chi connectivity index (χ2v) is 27.2. The van der Waals surface area contributed by atoms with Crippen LogP contribution in [0.5, 0.6) is 0 Å². The van der Waals surface area contributed by atoms with Crippen molar-refractivity contribution in [2.45, 2.75) is 47.8 Å². The van der Waals surface area contributed by atoms with Gasteiger partial charge in [0.1, 0.15) is 0 Å². The summed E-state index contributed by atoms with van der Waals surface area (Å²) < 4.78 is 11.8. The van der Waals surface area contributed by atoms with Crippen LogP contribution >= 0.6 is 0 Å². The van der Waals surface area contributed by atoms with Gasteiger partial charge in [0.25, 0.3) is 0 Å². The molecular weight excluding hydrogens is 562 g/mol. The molecule has 2 heteroatoms. The topological polar surface area (TPSA) is 0 Å². The van der Waals surface area contributed by atoms with Gasteiger partial charge in [-0.25, -0.2) is 0 Å². The molecule has 0 amide bonds.